The van der Waals surface area contributed by atoms with Gasteiger partial charge >= 0.3 is 0 Å². The van der Waals surface area contributed by atoms with Crippen molar-refractivity contribution in [3.05, 3.63) is 0 Å². The maximum absolute atomic E-state index is 5.47. The minimum atomic E-state index is 0.479. The highest BCUT2D eigenvalue weighted by atomic mass is 16.5. The Bertz CT molecular complexity index is 171. The van der Waals surface area contributed by atoms with E-state index >= 15 is 0 Å². The first-order valence-corrected chi connectivity index (χ1v) is 6.35. The maximum atomic E-state index is 5.47. The molecule has 0 aromatic rings. The van der Waals surface area contributed by atoms with Crippen LogP contribution in [0.5, 0.6) is 0 Å². The van der Waals surface area contributed by atoms with E-state index in [9.17, 15) is 0 Å². The van der Waals surface area contributed by atoms with Crippen LogP contribution in [-0.4, -0.2) is 26.3 Å². The molecule has 1 fully saturated rings. The van der Waals surface area contributed by atoms with Crippen molar-refractivity contribution in [2.24, 2.45) is 17.3 Å². The molecule has 0 amide bonds. The SMILES string of the molecule is CC(C)CNCC1(C(C)C)CCOCC1. The fourth-order valence-corrected chi connectivity index (χ4v) is 2.35. The summed E-state index contributed by atoms with van der Waals surface area (Å²) in [5.74, 6) is 1.50. The minimum absolute atomic E-state index is 0.479. The normalized spacial score (nSPS) is 21.2. The summed E-state index contributed by atoms with van der Waals surface area (Å²) in [7, 11) is 0. The Morgan fingerprint density at radius 2 is 1.73 bits per heavy atom. The molecule has 1 aliphatic heterocycles. The molecular weight excluding hydrogens is 186 g/mol. The van der Waals surface area contributed by atoms with Crippen LogP contribution in [0.15, 0.2) is 0 Å². The van der Waals surface area contributed by atoms with Crippen molar-refractivity contribution in [1.82, 2.24) is 5.32 Å². The molecule has 0 unspecified atom stereocenters. The first-order chi connectivity index (χ1) is 7.07. The zero-order valence-corrected chi connectivity index (χ0v) is 10.8. The van der Waals surface area contributed by atoms with E-state index in [4.69, 9.17) is 4.74 Å². The lowest BCUT2D eigenvalue weighted by atomic mass is 9.71. The molecule has 90 valence electrons. The lowest BCUT2D eigenvalue weighted by Crippen LogP contribution is -2.43. The molecule has 1 N–H and O–H groups in total. The van der Waals surface area contributed by atoms with E-state index in [1.807, 2.05) is 0 Å². The van der Waals surface area contributed by atoms with Crippen LogP contribution in [0.2, 0.25) is 0 Å². The third-order valence-corrected chi connectivity index (χ3v) is 3.74. The van der Waals surface area contributed by atoms with Crippen molar-refractivity contribution in [1.29, 1.82) is 0 Å². The molecule has 0 radical (unpaired) electrons. The second kappa shape index (κ2) is 5.86. The van der Waals surface area contributed by atoms with E-state index < -0.39 is 0 Å². The summed E-state index contributed by atoms with van der Waals surface area (Å²) < 4.78 is 5.47. The molecule has 0 aromatic heterocycles. The summed E-state index contributed by atoms with van der Waals surface area (Å²) in [6.07, 6.45) is 2.44. The van der Waals surface area contributed by atoms with E-state index in [2.05, 4.69) is 33.0 Å². The largest absolute Gasteiger partial charge is 0.381 e. The highest BCUT2D eigenvalue weighted by Crippen LogP contribution is 2.37. The molecule has 2 nitrogen and oxygen atoms in total. The zero-order chi connectivity index (χ0) is 11.3. The first-order valence-electron chi connectivity index (χ1n) is 6.35. The van der Waals surface area contributed by atoms with Crippen molar-refractivity contribution in [3.8, 4) is 0 Å². The smallest absolute Gasteiger partial charge is 0.0471 e. The molecule has 1 rings (SSSR count). The average Bonchev–Trinajstić information content (AvgIpc) is 2.18. The van der Waals surface area contributed by atoms with Crippen molar-refractivity contribution in [2.75, 3.05) is 26.3 Å². The standard InChI is InChI=1S/C13H27NO/c1-11(2)9-14-10-13(12(3)4)5-7-15-8-6-13/h11-12,14H,5-10H2,1-4H3. The van der Waals surface area contributed by atoms with Gasteiger partial charge in [0, 0.05) is 19.8 Å². The Labute approximate surface area is 94.8 Å². The zero-order valence-electron chi connectivity index (χ0n) is 10.8. The van der Waals surface area contributed by atoms with E-state index in [0.717, 1.165) is 38.1 Å². The fraction of sp³-hybridized carbons (Fsp3) is 1.00. The molecule has 0 aliphatic carbocycles. The predicted molar refractivity (Wildman–Crippen MR) is 65.0 cm³/mol. The summed E-state index contributed by atoms with van der Waals surface area (Å²) in [6, 6.07) is 0. The lowest BCUT2D eigenvalue weighted by molar-refractivity contribution is -0.00996. The Hall–Kier alpha value is -0.0800. The number of hydrogen-bond acceptors (Lipinski definition) is 2. The Morgan fingerprint density at radius 1 is 1.13 bits per heavy atom. The van der Waals surface area contributed by atoms with E-state index in [1.165, 1.54) is 12.8 Å². The third-order valence-electron chi connectivity index (χ3n) is 3.74. The third kappa shape index (κ3) is 3.76. The summed E-state index contributed by atoms with van der Waals surface area (Å²) in [5.41, 5.74) is 0.479. The number of nitrogens with one attached hydrogen (secondary N) is 1. The van der Waals surface area contributed by atoms with Gasteiger partial charge in [0.2, 0.25) is 0 Å². The van der Waals surface area contributed by atoms with Gasteiger partial charge in [0.1, 0.15) is 0 Å². The van der Waals surface area contributed by atoms with Crippen molar-refractivity contribution in [2.45, 2.75) is 40.5 Å². The topological polar surface area (TPSA) is 21.3 Å². The number of rotatable bonds is 5. The fourth-order valence-electron chi connectivity index (χ4n) is 2.35. The summed E-state index contributed by atoms with van der Waals surface area (Å²) in [4.78, 5) is 0. The van der Waals surface area contributed by atoms with Crippen molar-refractivity contribution < 1.29 is 4.74 Å². The average molecular weight is 213 g/mol. The monoisotopic (exact) mass is 213 g/mol. The van der Waals surface area contributed by atoms with E-state index in [1.54, 1.807) is 0 Å². The molecular formula is C13H27NO. The quantitative estimate of drug-likeness (QED) is 0.758. The van der Waals surface area contributed by atoms with Gasteiger partial charge in [0.05, 0.1) is 0 Å². The molecule has 0 atom stereocenters. The molecule has 1 saturated heterocycles. The lowest BCUT2D eigenvalue weighted by Gasteiger charge is -2.41. The Balaban J connectivity index is 2.42. The molecule has 1 heterocycles. The van der Waals surface area contributed by atoms with Crippen LogP contribution in [0.4, 0.5) is 0 Å². The number of hydrogen-bond donors (Lipinski definition) is 1. The van der Waals surface area contributed by atoms with Gasteiger partial charge in [0.25, 0.3) is 0 Å². The molecule has 0 bridgehead atoms. The van der Waals surface area contributed by atoms with Gasteiger partial charge in [-0.05, 0) is 36.6 Å². The van der Waals surface area contributed by atoms with Crippen LogP contribution >= 0.6 is 0 Å². The van der Waals surface area contributed by atoms with Crippen LogP contribution in [0, 0.1) is 17.3 Å². The number of ether oxygens (including phenoxy) is 1. The molecule has 2 heteroatoms. The molecule has 1 aliphatic rings. The van der Waals surface area contributed by atoms with Gasteiger partial charge in [-0.2, -0.15) is 0 Å². The first kappa shape index (κ1) is 13.0. The minimum Gasteiger partial charge on any atom is -0.381 e. The van der Waals surface area contributed by atoms with E-state index in [-0.39, 0.29) is 0 Å². The second-order valence-corrected chi connectivity index (χ2v) is 5.65. The summed E-state index contributed by atoms with van der Waals surface area (Å²) in [5, 5.41) is 3.62. The van der Waals surface area contributed by atoms with Crippen LogP contribution in [0.25, 0.3) is 0 Å². The van der Waals surface area contributed by atoms with Crippen LogP contribution in [0.1, 0.15) is 40.5 Å². The van der Waals surface area contributed by atoms with Gasteiger partial charge in [-0.15, -0.1) is 0 Å². The van der Waals surface area contributed by atoms with Gasteiger partial charge in [-0.3, -0.25) is 0 Å². The van der Waals surface area contributed by atoms with Gasteiger partial charge < -0.3 is 10.1 Å². The Morgan fingerprint density at radius 3 is 2.20 bits per heavy atom. The summed E-state index contributed by atoms with van der Waals surface area (Å²) in [6.45, 7) is 13.4. The highest BCUT2D eigenvalue weighted by molar-refractivity contribution is 4.86. The molecule has 0 aromatic carbocycles. The molecule has 0 saturated carbocycles. The Kier molecular flexibility index (Phi) is 5.07. The highest BCUT2D eigenvalue weighted by Gasteiger charge is 2.35. The molecule has 15 heavy (non-hydrogen) atoms. The maximum Gasteiger partial charge on any atom is 0.0471 e. The van der Waals surface area contributed by atoms with Crippen molar-refractivity contribution >= 4 is 0 Å². The van der Waals surface area contributed by atoms with Gasteiger partial charge in [-0.25, -0.2) is 0 Å². The van der Waals surface area contributed by atoms with Crippen LogP contribution in [0.3, 0.4) is 0 Å². The second-order valence-electron chi connectivity index (χ2n) is 5.65. The molecule has 0 spiro atoms. The van der Waals surface area contributed by atoms with Crippen LogP contribution < -0.4 is 5.32 Å². The van der Waals surface area contributed by atoms with Crippen LogP contribution in [-0.2, 0) is 4.74 Å². The van der Waals surface area contributed by atoms with Gasteiger partial charge in [0.15, 0.2) is 0 Å². The van der Waals surface area contributed by atoms with Gasteiger partial charge in [-0.1, -0.05) is 27.7 Å². The summed E-state index contributed by atoms with van der Waals surface area (Å²) >= 11 is 0. The predicted octanol–water partition coefficient (Wildman–Crippen LogP) is 2.68. The van der Waals surface area contributed by atoms with Crippen molar-refractivity contribution in [3.63, 3.8) is 0 Å². The van der Waals surface area contributed by atoms with E-state index in [0.29, 0.717) is 5.41 Å².